The Morgan fingerprint density at radius 3 is 2.74 bits per heavy atom. The number of rotatable bonds is 4. The Morgan fingerprint density at radius 1 is 1.22 bits per heavy atom. The smallest absolute Gasteiger partial charge is 0.408 e. The lowest BCUT2D eigenvalue weighted by atomic mass is 10.2. The van der Waals surface area contributed by atoms with Crippen LogP contribution in [-0.2, 0) is 16.1 Å². The molecule has 0 saturated carbocycles. The second-order valence-corrected chi connectivity index (χ2v) is 5.29. The number of methoxy groups -OCH3 is 1. The number of ether oxygens (including phenoxy) is 2. The predicted octanol–water partition coefficient (Wildman–Crippen LogP) is 2.81. The third-order valence-electron chi connectivity index (χ3n) is 2.79. The molecule has 2 rings (SSSR count). The van der Waals surface area contributed by atoms with Gasteiger partial charge >= 0.3 is 12.1 Å². The molecule has 0 bridgehead atoms. The Kier molecular flexibility index (Phi) is 6.21. The summed E-state index contributed by atoms with van der Waals surface area (Å²) in [5.74, 6) is 5.18. The van der Waals surface area contributed by atoms with E-state index in [0.717, 1.165) is 5.56 Å². The maximum absolute atomic E-state index is 11.5. The number of thiophene rings is 1. The summed E-state index contributed by atoms with van der Waals surface area (Å²) in [6.45, 7) is 0.335. The van der Waals surface area contributed by atoms with Gasteiger partial charge in [-0.05, 0) is 17.0 Å². The van der Waals surface area contributed by atoms with Crippen LogP contribution in [0.25, 0.3) is 0 Å². The van der Waals surface area contributed by atoms with Crippen molar-refractivity contribution < 1.29 is 19.1 Å². The lowest BCUT2D eigenvalue weighted by Gasteiger charge is -2.04. The van der Waals surface area contributed by atoms with Gasteiger partial charge < -0.3 is 14.8 Å². The molecular formula is C17H15NO4S. The lowest BCUT2D eigenvalue weighted by molar-refractivity contribution is 0.0606. The van der Waals surface area contributed by atoms with Crippen LogP contribution in [0.1, 0.15) is 20.8 Å². The van der Waals surface area contributed by atoms with Crippen LogP contribution < -0.4 is 5.32 Å². The summed E-state index contributed by atoms with van der Waals surface area (Å²) in [5, 5.41) is 4.29. The van der Waals surface area contributed by atoms with Crippen molar-refractivity contribution in [2.75, 3.05) is 13.7 Å². The fourth-order valence-corrected chi connectivity index (χ4v) is 2.45. The van der Waals surface area contributed by atoms with Gasteiger partial charge in [0.1, 0.15) is 11.5 Å². The highest BCUT2D eigenvalue weighted by molar-refractivity contribution is 7.12. The summed E-state index contributed by atoms with van der Waals surface area (Å²) >= 11 is 1.26. The van der Waals surface area contributed by atoms with Crippen molar-refractivity contribution in [1.82, 2.24) is 5.32 Å². The van der Waals surface area contributed by atoms with Gasteiger partial charge in [0.25, 0.3) is 0 Å². The molecule has 0 spiro atoms. The van der Waals surface area contributed by atoms with Crippen LogP contribution in [0, 0.1) is 11.8 Å². The fourth-order valence-electron chi connectivity index (χ4n) is 1.69. The van der Waals surface area contributed by atoms with E-state index in [0.29, 0.717) is 10.4 Å². The zero-order valence-corrected chi connectivity index (χ0v) is 13.3. The van der Waals surface area contributed by atoms with E-state index in [9.17, 15) is 9.59 Å². The number of nitrogens with one attached hydrogen (secondary N) is 1. The molecule has 0 radical (unpaired) electrons. The summed E-state index contributed by atoms with van der Waals surface area (Å²) in [5.41, 5.74) is 1.50. The first kappa shape index (κ1) is 16.6. The normalized spacial score (nSPS) is 9.43. The molecular weight excluding hydrogens is 314 g/mol. The standard InChI is InChI=1S/C17H15NO4S/c1-21-16(19)15-14(9-11-23-15)8-5-10-18-17(20)22-12-13-6-3-2-4-7-13/h2-4,6-7,9,11H,10,12H2,1H3,(H,18,20). The van der Waals surface area contributed by atoms with Crippen LogP contribution in [0.4, 0.5) is 4.79 Å². The maximum Gasteiger partial charge on any atom is 0.408 e. The molecule has 118 valence electrons. The lowest BCUT2D eigenvalue weighted by Crippen LogP contribution is -2.24. The van der Waals surface area contributed by atoms with Crippen LogP contribution in [0.3, 0.4) is 0 Å². The van der Waals surface area contributed by atoms with Crippen molar-refractivity contribution >= 4 is 23.4 Å². The number of hydrogen-bond acceptors (Lipinski definition) is 5. The van der Waals surface area contributed by atoms with E-state index in [-0.39, 0.29) is 13.2 Å². The quantitative estimate of drug-likeness (QED) is 0.692. The highest BCUT2D eigenvalue weighted by Gasteiger charge is 2.11. The summed E-state index contributed by atoms with van der Waals surface area (Å²) < 4.78 is 9.72. The number of amides is 1. The molecule has 0 fully saturated rings. The van der Waals surface area contributed by atoms with Gasteiger partial charge in [-0.1, -0.05) is 42.2 Å². The van der Waals surface area contributed by atoms with Crippen LogP contribution in [0.5, 0.6) is 0 Å². The molecule has 0 saturated heterocycles. The fraction of sp³-hybridized carbons (Fsp3) is 0.176. The van der Waals surface area contributed by atoms with Crippen molar-refractivity contribution in [1.29, 1.82) is 0 Å². The average Bonchev–Trinajstić information content (AvgIpc) is 3.05. The van der Waals surface area contributed by atoms with Crippen molar-refractivity contribution in [3.05, 3.63) is 57.8 Å². The molecule has 0 aliphatic heterocycles. The molecule has 23 heavy (non-hydrogen) atoms. The monoisotopic (exact) mass is 329 g/mol. The number of hydrogen-bond donors (Lipinski definition) is 1. The van der Waals surface area contributed by atoms with Gasteiger partial charge in [0, 0.05) is 5.56 Å². The molecule has 1 aromatic carbocycles. The molecule has 1 N–H and O–H groups in total. The van der Waals surface area contributed by atoms with E-state index < -0.39 is 12.1 Å². The van der Waals surface area contributed by atoms with Gasteiger partial charge in [0.15, 0.2) is 0 Å². The van der Waals surface area contributed by atoms with Crippen molar-refractivity contribution in [2.45, 2.75) is 6.61 Å². The van der Waals surface area contributed by atoms with E-state index in [1.54, 1.807) is 11.4 Å². The Morgan fingerprint density at radius 2 is 2.00 bits per heavy atom. The largest absolute Gasteiger partial charge is 0.465 e. The molecule has 0 aliphatic carbocycles. The first-order chi connectivity index (χ1) is 11.2. The molecule has 0 unspecified atom stereocenters. The summed E-state index contributed by atoms with van der Waals surface area (Å²) in [7, 11) is 1.32. The third-order valence-corrected chi connectivity index (χ3v) is 3.69. The SMILES string of the molecule is COC(=O)c1sccc1C#CCNC(=O)OCc1ccccc1. The maximum atomic E-state index is 11.5. The Bertz CT molecular complexity index is 728. The van der Waals surface area contributed by atoms with Crippen molar-refractivity contribution in [3.63, 3.8) is 0 Å². The predicted molar refractivity (Wildman–Crippen MR) is 87.2 cm³/mol. The Labute approximate surface area is 138 Å². The summed E-state index contributed by atoms with van der Waals surface area (Å²) in [6.07, 6.45) is -0.540. The Hall–Kier alpha value is -2.78. The van der Waals surface area contributed by atoms with E-state index in [2.05, 4.69) is 21.9 Å². The number of carbonyl (C=O) groups is 2. The van der Waals surface area contributed by atoms with Gasteiger partial charge in [0.05, 0.1) is 13.7 Å². The molecule has 1 heterocycles. The van der Waals surface area contributed by atoms with E-state index >= 15 is 0 Å². The number of benzene rings is 1. The van der Waals surface area contributed by atoms with Gasteiger partial charge in [0.2, 0.25) is 0 Å². The van der Waals surface area contributed by atoms with E-state index in [4.69, 9.17) is 4.74 Å². The minimum Gasteiger partial charge on any atom is -0.465 e. The van der Waals surface area contributed by atoms with Crippen LogP contribution in [-0.4, -0.2) is 25.7 Å². The van der Waals surface area contributed by atoms with Crippen LogP contribution >= 0.6 is 11.3 Å². The minimum atomic E-state index is -0.540. The van der Waals surface area contributed by atoms with E-state index in [1.165, 1.54) is 18.4 Å². The first-order valence-electron chi connectivity index (χ1n) is 6.80. The summed E-state index contributed by atoms with van der Waals surface area (Å²) in [4.78, 5) is 23.5. The molecule has 1 amide bonds. The Balaban J connectivity index is 1.78. The topological polar surface area (TPSA) is 64.6 Å². The highest BCUT2D eigenvalue weighted by Crippen LogP contribution is 2.16. The zero-order chi connectivity index (χ0) is 16.5. The zero-order valence-electron chi connectivity index (χ0n) is 12.5. The minimum absolute atomic E-state index is 0.129. The van der Waals surface area contributed by atoms with E-state index in [1.807, 2.05) is 30.3 Å². The number of carbonyl (C=O) groups excluding carboxylic acids is 2. The van der Waals surface area contributed by atoms with Gasteiger partial charge in [-0.3, -0.25) is 0 Å². The second-order valence-electron chi connectivity index (χ2n) is 4.37. The third kappa shape index (κ3) is 5.16. The van der Waals surface area contributed by atoms with Crippen molar-refractivity contribution in [3.8, 4) is 11.8 Å². The average molecular weight is 329 g/mol. The molecule has 1 aromatic heterocycles. The molecule has 2 aromatic rings. The first-order valence-corrected chi connectivity index (χ1v) is 7.68. The number of esters is 1. The molecule has 5 nitrogen and oxygen atoms in total. The second kappa shape index (κ2) is 8.61. The van der Waals surface area contributed by atoms with Gasteiger partial charge in [-0.25, -0.2) is 9.59 Å². The molecule has 6 heteroatoms. The van der Waals surface area contributed by atoms with Crippen LogP contribution in [0.15, 0.2) is 41.8 Å². The molecule has 0 aliphatic rings. The van der Waals surface area contributed by atoms with Gasteiger partial charge in [-0.15, -0.1) is 11.3 Å². The number of alkyl carbamates (subject to hydrolysis) is 1. The highest BCUT2D eigenvalue weighted by atomic mass is 32.1. The van der Waals surface area contributed by atoms with Crippen LogP contribution in [0.2, 0.25) is 0 Å². The van der Waals surface area contributed by atoms with Gasteiger partial charge in [-0.2, -0.15) is 0 Å². The summed E-state index contributed by atoms with van der Waals surface area (Å²) in [6, 6.07) is 11.1. The van der Waals surface area contributed by atoms with Crippen molar-refractivity contribution in [2.24, 2.45) is 0 Å². The molecule has 0 atom stereocenters.